The molecular weight excluding hydrogens is 250 g/mol. The molecule has 0 bridgehead atoms. The van der Waals surface area contributed by atoms with Crippen molar-refractivity contribution in [2.75, 3.05) is 6.61 Å². The van der Waals surface area contributed by atoms with Gasteiger partial charge >= 0.3 is 0 Å². The summed E-state index contributed by atoms with van der Waals surface area (Å²) in [5, 5.41) is 2.95. The molecule has 112 valence electrons. The second kappa shape index (κ2) is 7.32. The Morgan fingerprint density at radius 2 is 1.85 bits per heavy atom. The minimum Gasteiger partial charge on any atom is -0.484 e. The summed E-state index contributed by atoms with van der Waals surface area (Å²) < 4.78 is 5.51. The number of hydrogen-bond acceptors (Lipinski definition) is 2. The van der Waals surface area contributed by atoms with Gasteiger partial charge in [0.15, 0.2) is 6.61 Å². The highest BCUT2D eigenvalue weighted by Crippen LogP contribution is 2.21. The van der Waals surface area contributed by atoms with Crippen LogP contribution in [-0.4, -0.2) is 18.1 Å². The second-order valence-electron chi connectivity index (χ2n) is 5.95. The van der Waals surface area contributed by atoms with Gasteiger partial charge in [-0.2, -0.15) is 0 Å². The molecule has 1 aromatic rings. The molecule has 1 unspecified atom stereocenters. The number of carbonyl (C=O) groups excluding carboxylic acids is 1. The van der Waals surface area contributed by atoms with Crippen LogP contribution >= 0.6 is 0 Å². The van der Waals surface area contributed by atoms with Gasteiger partial charge in [0.1, 0.15) is 5.75 Å². The number of rotatable bonds is 7. The van der Waals surface area contributed by atoms with Crippen LogP contribution in [0.1, 0.15) is 58.9 Å². The van der Waals surface area contributed by atoms with E-state index < -0.39 is 0 Å². The first-order valence-electron chi connectivity index (χ1n) is 7.41. The second-order valence-corrected chi connectivity index (χ2v) is 5.95. The number of hydrogen-bond donors (Lipinski definition) is 1. The number of carbonyl (C=O) groups is 1. The van der Waals surface area contributed by atoms with Crippen molar-refractivity contribution in [3.8, 4) is 5.75 Å². The quantitative estimate of drug-likeness (QED) is 0.821. The highest BCUT2D eigenvalue weighted by molar-refractivity contribution is 5.78. The molecule has 0 aliphatic rings. The minimum atomic E-state index is -0.180. The smallest absolute Gasteiger partial charge is 0.258 e. The fourth-order valence-electron chi connectivity index (χ4n) is 1.78. The molecule has 0 aliphatic heterocycles. The van der Waals surface area contributed by atoms with E-state index in [1.165, 1.54) is 5.56 Å². The summed E-state index contributed by atoms with van der Waals surface area (Å²) in [6.07, 6.45) is 2.01. The number of nitrogens with one attached hydrogen (secondary N) is 1. The Kier molecular flexibility index (Phi) is 6.05. The Balaban J connectivity index is 2.48. The van der Waals surface area contributed by atoms with Crippen molar-refractivity contribution < 1.29 is 9.53 Å². The van der Waals surface area contributed by atoms with Crippen LogP contribution < -0.4 is 10.1 Å². The largest absolute Gasteiger partial charge is 0.484 e. The predicted octanol–water partition coefficient (Wildman–Crippen LogP) is 3.88. The standard InChI is InChI=1S/C17H27NO2/c1-6-13(3)14-8-10-15(11-9-14)20-12-16(19)18-17(4,5)7-2/h8-11,13H,6-7,12H2,1-5H3,(H,18,19). The van der Waals surface area contributed by atoms with E-state index in [1.54, 1.807) is 0 Å². The molecule has 0 fully saturated rings. The fraction of sp³-hybridized carbons (Fsp3) is 0.588. The van der Waals surface area contributed by atoms with Crippen molar-refractivity contribution in [1.29, 1.82) is 0 Å². The van der Waals surface area contributed by atoms with Crippen molar-refractivity contribution in [2.24, 2.45) is 0 Å². The van der Waals surface area contributed by atoms with Crippen LogP contribution in [0.25, 0.3) is 0 Å². The summed E-state index contributed by atoms with van der Waals surface area (Å²) >= 11 is 0. The fourth-order valence-corrected chi connectivity index (χ4v) is 1.78. The topological polar surface area (TPSA) is 38.3 Å². The van der Waals surface area contributed by atoms with Gasteiger partial charge in [0.2, 0.25) is 0 Å². The van der Waals surface area contributed by atoms with Gasteiger partial charge in [-0.1, -0.05) is 32.9 Å². The lowest BCUT2D eigenvalue weighted by molar-refractivity contribution is -0.124. The van der Waals surface area contributed by atoms with Gasteiger partial charge in [0.25, 0.3) is 5.91 Å². The SMILES string of the molecule is CCC(C)c1ccc(OCC(=O)NC(C)(C)CC)cc1. The van der Waals surface area contributed by atoms with Crippen LogP contribution in [0.15, 0.2) is 24.3 Å². The summed E-state index contributed by atoms with van der Waals surface area (Å²) in [5.74, 6) is 1.21. The molecule has 0 aromatic heterocycles. The molecule has 3 nitrogen and oxygen atoms in total. The van der Waals surface area contributed by atoms with Crippen LogP contribution in [0.2, 0.25) is 0 Å². The third kappa shape index (κ3) is 5.24. The number of ether oxygens (including phenoxy) is 1. The highest BCUT2D eigenvalue weighted by atomic mass is 16.5. The lowest BCUT2D eigenvalue weighted by atomic mass is 9.99. The molecule has 0 heterocycles. The molecule has 0 radical (unpaired) electrons. The Bertz CT molecular complexity index is 423. The lowest BCUT2D eigenvalue weighted by Crippen LogP contribution is -2.44. The van der Waals surface area contributed by atoms with Gasteiger partial charge in [0, 0.05) is 5.54 Å². The molecule has 1 rings (SSSR count). The Hall–Kier alpha value is -1.51. The summed E-state index contributed by atoms with van der Waals surface area (Å²) in [5.41, 5.74) is 1.12. The summed E-state index contributed by atoms with van der Waals surface area (Å²) in [4.78, 5) is 11.8. The summed E-state index contributed by atoms with van der Waals surface area (Å²) in [6, 6.07) is 7.99. The highest BCUT2D eigenvalue weighted by Gasteiger charge is 2.17. The van der Waals surface area contributed by atoms with Crippen molar-refractivity contribution >= 4 is 5.91 Å². The van der Waals surface area contributed by atoms with Gasteiger partial charge in [-0.3, -0.25) is 4.79 Å². The van der Waals surface area contributed by atoms with Crippen molar-refractivity contribution in [2.45, 2.75) is 58.9 Å². The van der Waals surface area contributed by atoms with E-state index in [0.29, 0.717) is 5.92 Å². The molecule has 1 aromatic carbocycles. The number of benzene rings is 1. The zero-order valence-electron chi connectivity index (χ0n) is 13.3. The molecule has 0 saturated carbocycles. The van der Waals surface area contributed by atoms with Crippen LogP contribution in [0.4, 0.5) is 0 Å². The molecule has 1 amide bonds. The van der Waals surface area contributed by atoms with E-state index in [2.05, 4.69) is 38.2 Å². The van der Waals surface area contributed by atoms with Gasteiger partial charge in [-0.25, -0.2) is 0 Å². The minimum absolute atomic E-state index is 0.0616. The Morgan fingerprint density at radius 1 is 1.25 bits per heavy atom. The summed E-state index contributed by atoms with van der Waals surface area (Å²) in [6.45, 7) is 10.5. The maximum absolute atomic E-state index is 11.8. The molecule has 0 saturated heterocycles. The van der Waals surface area contributed by atoms with E-state index in [1.807, 2.05) is 26.0 Å². The van der Waals surface area contributed by atoms with Gasteiger partial charge in [-0.15, -0.1) is 0 Å². The maximum Gasteiger partial charge on any atom is 0.258 e. The van der Waals surface area contributed by atoms with E-state index in [-0.39, 0.29) is 18.1 Å². The van der Waals surface area contributed by atoms with E-state index >= 15 is 0 Å². The molecule has 1 atom stereocenters. The average Bonchev–Trinajstić information content (AvgIpc) is 2.44. The third-order valence-corrected chi connectivity index (χ3v) is 3.79. The van der Waals surface area contributed by atoms with Crippen LogP contribution in [0.3, 0.4) is 0 Å². The van der Waals surface area contributed by atoms with Gasteiger partial charge in [-0.05, 0) is 50.3 Å². The average molecular weight is 277 g/mol. The molecule has 0 spiro atoms. The first-order chi connectivity index (χ1) is 9.38. The maximum atomic E-state index is 11.8. The van der Waals surface area contributed by atoms with Gasteiger partial charge < -0.3 is 10.1 Å². The normalized spacial score (nSPS) is 12.8. The van der Waals surface area contributed by atoms with Crippen LogP contribution in [0.5, 0.6) is 5.75 Å². The Morgan fingerprint density at radius 3 is 2.35 bits per heavy atom. The molecular formula is C17H27NO2. The van der Waals surface area contributed by atoms with Crippen molar-refractivity contribution in [1.82, 2.24) is 5.32 Å². The Labute approximate surface area is 122 Å². The first-order valence-corrected chi connectivity index (χ1v) is 7.41. The van der Waals surface area contributed by atoms with Crippen LogP contribution in [0, 0.1) is 0 Å². The molecule has 20 heavy (non-hydrogen) atoms. The zero-order valence-corrected chi connectivity index (χ0v) is 13.3. The molecule has 3 heteroatoms. The third-order valence-electron chi connectivity index (χ3n) is 3.79. The lowest BCUT2D eigenvalue weighted by Gasteiger charge is -2.24. The van der Waals surface area contributed by atoms with E-state index in [0.717, 1.165) is 18.6 Å². The van der Waals surface area contributed by atoms with E-state index in [9.17, 15) is 4.79 Å². The number of amides is 1. The molecule has 0 aliphatic carbocycles. The monoisotopic (exact) mass is 277 g/mol. The van der Waals surface area contributed by atoms with Crippen molar-refractivity contribution in [3.05, 3.63) is 29.8 Å². The first kappa shape index (κ1) is 16.5. The predicted molar refractivity (Wildman–Crippen MR) is 83.2 cm³/mol. The molecule has 1 N–H and O–H groups in total. The summed E-state index contributed by atoms with van der Waals surface area (Å²) in [7, 11) is 0. The zero-order chi connectivity index (χ0) is 15.2. The van der Waals surface area contributed by atoms with Crippen molar-refractivity contribution in [3.63, 3.8) is 0 Å². The van der Waals surface area contributed by atoms with Crippen LogP contribution in [-0.2, 0) is 4.79 Å². The van der Waals surface area contributed by atoms with Gasteiger partial charge in [0.05, 0.1) is 0 Å². The van der Waals surface area contributed by atoms with E-state index in [4.69, 9.17) is 4.74 Å².